The van der Waals surface area contributed by atoms with Crippen molar-refractivity contribution in [1.29, 1.82) is 0 Å². The van der Waals surface area contributed by atoms with E-state index in [0.717, 1.165) is 31.7 Å². The number of hydrogen-bond acceptors (Lipinski definition) is 3. The van der Waals surface area contributed by atoms with Gasteiger partial charge in [0.2, 0.25) is 5.91 Å². The van der Waals surface area contributed by atoms with E-state index in [1.165, 1.54) is 25.0 Å². The SMILES string of the molecule is CCNC(=NCC(Cc1ccc(F)cc1)C(N)=O)NCC1CCCN1CC. The molecule has 4 N–H and O–H groups in total. The molecule has 6 nitrogen and oxygen atoms in total. The van der Waals surface area contributed by atoms with Crippen LogP contribution in [0.15, 0.2) is 29.3 Å². The number of carbonyl (C=O) groups is 1. The van der Waals surface area contributed by atoms with Crippen LogP contribution >= 0.6 is 0 Å². The van der Waals surface area contributed by atoms with Gasteiger partial charge in [-0.3, -0.25) is 14.7 Å². The zero-order valence-corrected chi connectivity index (χ0v) is 16.4. The van der Waals surface area contributed by atoms with Gasteiger partial charge in [0.25, 0.3) is 0 Å². The fourth-order valence-corrected chi connectivity index (χ4v) is 3.46. The van der Waals surface area contributed by atoms with Crippen molar-refractivity contribution in [3.8, 4) is 0 Å². The van der Waals surface area contributed by atoms with Crippen molar-refractivity contribution in [2.45, 2.75) is 39.2 Å². The lowest BCUT2D eigenvalue weighted by Crippen LogP contribution is -2.45. The van der Waals surface area contributed by atoms with Gasteiger partial charge in [-0.1, -0.05) is 19.1 Å². The van der Waals surface area contributed by atoms with Gasteiger partial charge < -0.3 is 16.4 Å². The van der Waals surface area contributed by atoms with Crippen LogP contribution < -0.4 is 16.4 Å². The minimum atomic E-state index is -0.426. The highest BCUT2D eigenvalue weighted by Crippen LogP contribution is 2.15. The number of nitrogens with one attached hydrogen (secondary N) is 2. The number of benzene rings is 1. The second kappa shape index (κ2) is 10.9. The van der Waals surface area contributed by atoms with Gasteiger partial charge in [-0.2, -0.15) is 0 Å². The Morgan fingerprint density at radius 3 is 2.70 bits per heavy atom. The number of halogens is 1. The summed E-state index contributed by atoms with van der Waals surface area (Å²) in [7, 11) is 0. The molecule has 0 aromatic heterocycles. The molecular formula is C20H32FN5O. The number of guanidine groups is 1. The third-order valence-corrected chi connectivity index (χ3v) is 5.02. The lowest BCUT2D eigenvalue weighted by atomic mass is 9.99. The third-order valence-electron chi connectivity index (χ3n) is 5.02. The molecule has 1 aliphatic rings. The smallest absolute Gasteiger partial charge is 0.222 e. The highest BCUT2D eigenvalue weighted by molar-refractivity contribution is 5.81. The summed E-state index contributed by atoms with van der Waals surface area (Å²) in [6, 6.07) is 6.66. The Balaban J connectivity index is 1.94. The van der Waals surface area contributed by atoms with Crippen LogP contribution in [0.1, 0.15) is 32.3 Å². The second-order valence-corrected chi connectivity index (χ2v) is 6.96. The number of likely N-dealkylation sites (tertiary alicyclic amines) is 1. The summed E-state index contributed by atoms with van der Waals surface area (Å²) in [6.07, 6.45) is 2.87. The van der Waals surface area contributed by atoms with Crippen LogP contribution in [0.5, 0.6) is 0 Å². The summed E-state index contributed by atoms with van der Waals surface area (Å²) < 4.78 is 13.1. The summed E-state index contributed by atoms with van der Waals surface area (Å²) in [4.78, 5) is 18.9. The summed E-state index contributed by atoms with van der Waals surface area (Å²) in [5.41, 5.74) is 6.43. The topological polar surface area (TPSA) is 82.7 Å². The number of likely N-dealkylation sites (N-methyl/N-ethyl adjacent to an activating group) is 1. The van der Waals surface area contributed by atoms with Gasteiger partial charge in [-0.05, 0) is 57.0 Å². The van der Waals surface area contributed by atoms with Gasteiger partial charge in [0.1, 0.15) is 5.82 Å². The van der Waals surface area contributed by atoms with E-state index in [9.17, 15) is 9.18 Å². The monoisotopic (exact) mass is 377 g/mol. The van der Waals surface area contributed by atoms with Crippen LogP contribution in [0, 0.1) is 11.7 Å². The molecular weight excluding hydrogens is 345 g/mol. The van der Waals surface area contributed by atoms with E-state index in [2.05, 4.69) is 27.4 Å². The van der Waals surface area contributed by atoms with Gasteiger partial charge in [-0.15, -0.1) is 0 Å². The van der Waals surface area contributed by atoms with Crippen molar-refractivity contribution in [2.24, 2.45) is 16.6 Å². The minimum Gasteiger partial charge on any atom is -0.369 e. The third kappa shape index (κ3) is 6.82. The molecule has 0 bridgehead atoms. The van der Waals surface area contributed by atoms with Crippen LogP contribution in [-0.2, 0) is 11.2 Å². The maximum atomic E-state index is 13.1. The zero-order valence-electron chi connectivity index (χ0n) is 16.4. The normalized spacial score (nSPS) is 19.1. The molecule has 1 heterocycles. The molecule has 1 aromatic rings. The summed E-state index contributed by atoms with van der Waals surface area (Å²) >= 11 is 0. The highest BCUT2D eigenvalue weighted by Gasteiger charge is 2.23. The predicted molar refractivity (Wildman–Crippen MR) is 107 cm³/mol. The molecule has 2 unspecified atom stereocenters. The number of hydrogen-bond donors (Lipinski definition) is 3. The average Bonchev–Trinajstić information content (AvgIpc) is 3.11. The predicted octanol–water partition coefficient (Wildman–Crippen LogP) is 1.51. The molecule has 2 atom stereocenters. The largest absolute Gasteiger partial charge is 0.369 e. The first-order valence-electron chi connectivity index (χ1n) is 9.83. The Labute approximate surface area is 161 Å². The van der Waals surface area contributed by atoms with Gasteiger partial charge in [-0.25, -0.2) is 4.39 Å². The standard InChI is InChI=1S/C20H32FN5O/c1-3-23-20(25-14-18-6-5-11-26(18)4-2)24-13-16(19(22)27)12-15-7-9-17(21)10-8-15/h7-10,16,18H,3-6,11-14H2,1-2H3,(H2,22,27)(H2,23,24,25). The van der Waals surface area contributed by atoms with Gasteiger partial charge >= 0.3 is 0 Å². The number of aliphatic imine (C=N–C) groups is 1. The molecule has 1 aromatic carbocycles. The fourth-order valence-electron chi connectivity index (χ4n) is 3.46. The summed E-state index contributed by atoms with van der Waals surface area (Å²) in [5, 5.41) is 6.61. The lowest BCUT2D eigenvalue weighted by molar-refractivity contribution is -0.121. The Morgan fingerprint density at radius 1 is 1.33 bits per heavy atom. The quantitative estimate of drug-likeness (QED) is 0.450. The summed E-state index contributed by atoms with van der Waals surface area (Å²) in [5.74, 6) is -0.415. The second-order valence-electron chi connectivity index (χ2n) is 6.96. The van der Waals surface area contributed by atoms with Gasteiger partial charge in [0.05, 0.1) is 12.5 Å². The average molecular weight is 378 g/mol. The van der Waals surface area contributed by atoms with E-state index in [-0.39, 0.29) is 5.82 Å². The zero-order chi connectivity index (χ0) is 19.6. The first-order chi connectivity index (χ1) is 13.0. The minimum absolute atomic E-state index is 0.293. The molecule has 0 spiro atoms. The molecule has 2 rings (SSSR count). The number of amides is 1. The highest BCUT2D eigenvalue weighted by atomic mass is 19.1. The first-order valence-corrected chi connectivity index (χ1v) is 9.83. The van der Waals surface area contributed by atoms with E-state index >= 15 is 0 Å². The number of nitrogens with two attached hydrogens (primary N) is 1. The van der Waals surface area contributed by atoms with E-state index in [0.29, 0.717) is 25.0 Å². The molecule has 1 fully saturated rings. The van der Waals surface area contributed by atoms with Crippen LogP contribution in [-0.4, -0.2) is 55.5 Å². The van der Waals surface area contributed by atoms with Gasteiger partial charge in [0, 0.05) is 19.1 Å². The van der Waals surface area contributed by atoms with Crippen LogP contribution in [0.2, 0.25) is 0 Å². The summed E-state index contributed by atoms with van der Waals surface area (Å²) in [6.45, 7) is 8.27. The number of primary amides is 1. The van der Waals surface area contributed by atoms with Crippen LogP contribution in [0.3, 0.4) is 0 Å². The Morgan fingerprint density at radius 2 is 2.07 bits per heavy atom. The molecule has 1 saturated heterocycles. The van der Waals surface area contributed by atoms with E-state index in [1.54, 1.807) is 12.1 Å². The van der Waals surface area contributed by atoms with Crippen molar-refractivity contribution in [3.05, 3.63) is 35.6 Å². The number of nitrogens with zero attached hydrogens (tertiary/aromatic N) is 2. The van der Waals surface area contributed by atoms with E-state index in [1.807, 2.05) is 6.92 Å². The number of rotatable bonds is 9. The van der Waals surface area contributed by atoms with Crippen molar-refractivity contribution in [3.63, 3.8) is 0 Å². The van der Waals surface area contributed by atoms with Crippen molar-refractivity contribution < 1.29 is 9.18 Å². The molecule has 0 aliphatic carbocycles. The first kappa shape index (κ1) is 21.2. The molecule has 7 heteroatoms. The van der Waals surface area contributed by atoms with Crippen molar-refractivity contribution in [2.75, 3.05) is 32.7 Å². The molecule has 0 saturated carbocycles. The van der Waals surface area contributed by atoms with E-state index < -0.39 is 11.8 Å². The van der Waals surface area contributed by atoms with Crippen molar-refractivity contribution >= 4 is 11.9 Å². The molecule has 1 aliphatic heterocycles. The molecule has 150 valence electrons. The molecule has 27 heavy (non-hydrogen) atoms. The Kier molecular flexibility index (Phi) is 8.51. The van der Waals surface area contributed by atoms with Crippen LogP contribution in [0.25, 0.3) is 0 Å². The van der Waals surface area contributed by atoms with Crippen molar-refractivity contribution in [1.82, 2.24) is 15.5 Å². The lowest BCUT2D eigenvalue weighted by Gasteiger charge is -2.24. The Hall–Kier alpha value is -2.15. The maximum Gasteiger partial charge on any atom is 0.222 e. The number of carbonyl (C=O) groups excluding carboxylic acids is 1. The molecule has 0 radical (unpaired) electrons. The van der Waals surface area contributed by atoms with E-state index in [4.69, 9.17) is 5.73 Å². The fraction of sp³-hybridized carbons (Fsp3) is 0.600. The molecule has 1 amide bonds. The van der Waals surface area contributed by atoms with Crippen LogP contribution in [0.4, 0.5) is 4.39 Å². The maximum absolute atomic E-state index is 13.1. The Bertz CT molecular complexity index is 619. The van der Waals surface area contributed by atoms with Gasteiger partial charge in [0.15, 0.2) is 5.96 Å².